The van der Waals surface area contributed by atoms with E-state index in [0.29, 0.717) is 11.1 Å². The van der Waals surface area contributed by atoms with Gasteiger partial charge in [-0.3, -0.25) is 0 Å². The van der Waals surface area contributed by atoms with Gasteiger partial charge in [-0.2, -0.15) is 17.6 Å². The molecular weight excluding hydrogens is 224 g/mol. The molecule has 1 aromatic rings. The van der Waals surface area contributed by atoms with Crippen LogP contribution in [-0.2, 0) is 0 Å². The Bertz CT molecular complexity index is 362. The summed E-state index contributed by atoms with van der Waals surface area (Å²) >= 11 is 0. The lowest BCUT2D eigenvalue weighted by Gasteiger charge is -2.23. The molecule has 1 rings (SSSR count). The molecule has 5 heteroatoms. The van der Waals surface area contributed by atoms with Crippen molar-refractivity contribution < 1.29 is 22.3 Å². The molecule has 0 bridgehead atoms. The van der Waals surface area contributed by atoms with E-state index in [0.717, 1.165) is 0 Å². The molecule has 0 fully saturated rings. The summed E-state index contributed by atoms with van der Waals surface area (Å²) in [6.07, 6.45) is -4.51. The van der Waals surface area contributed by atoms with Crippen molar-refractivity contribution in [1.82, 2.24) is 0 Å². The molecule has 0 spiro atoms. The summed E-state index contributed by atoms with van der Waals surface area (Å²) in [4.78, 5) is 0. The molecule has 0 aliphatic heterocycles. The Morgan fingerprint density at radius 3 is 1.75 bits per heavy atom. The highest BCUT2D eigenvalue weighted by molar-refractivity contribution is 5.33. The molecule has 0 unspecified atom stereocenters. The molecule has 0 saturated carbocycles. The maximum Gasteiger partial charge on any atom is 0.463 e. The largest absolute Gasteiger partial charge is 0.463 e. The summed E-state index contributed by atoms with van der Waals surface area (Å²) < 4.78 is 54.9. The van der Waals surface area contributed by atoms with Gasteiger partial charge in [0.15, 0.2) is 0 Å². The lowest BCUT2D eigenvalue weighted by Crippen LogP contribution is -2.42. The van der Waals surface area contributed by atoms with Crippen molar-refractivity contribution in [2.75, 3.05) is 0 Å². The van der Waals surface area contributed by atoms with Crippen molar-refractivity contribution in [3.63, 3.8) is 0 Å². The Morgan fingerprint density at radius 1 is 0.938 bits per heavy atom. The molecule has 90 valence electrons. The van der Waals surface area contributed by atoms with E-state index >= 15 is 0 Å². The Labute approximate surface area is 91.0 Å². The van der Waals surface area contributed by atoms with Gasteiger partial charge in [0.05, 0.1) is 0 Å². The maximum atomic E-state index is 12.9. The van der Waals surface area contributed by atoms with E-state index in [-0.39, 0.29) is 12.7 Å². The fourth-order valence-electron chi connectivity index (χ4n) is 1.23. The summed E-state index contributed by atoms with van der Waals surface area (Å²) in [5.74, 6) is -4.48. The molecular formula is C11H12F4O. The highest BCUT2D eigenvalue weighted by atomic mass is 19.3. The van der Waals surface area contributed by atoms with E-state index in [1.165, 1.54) is 12.1 Å². The van der Waals surface area contributed by atoms with Gasteiger partial charge in [-0.05, 0) is 37.1 Å². The minimum atomic E-state index is -4.51. The van der Waals surface area contributed by atoms with Crippen LogP contribution in [0, 0.1) is 13.8 Å². The molecule has 0 aliphatic carbocycles. The van der Waals surface area contributed by atoms with E-state index in [1.807, 2.05) is 0 Å². The standard InChI is InChI=1S/C11H12F4O/c1-7-4-8(2)6-9(5-7)16-11(14,15)10(3,12)13/h4-6H,1-3H3. The van der Waals surface area contributed by atoms with Crippen LogP contribution in [0.2, 0.25) is 0 Å². The number of hydrogen-bond donors (Lipinski definition) is 0. The third kappa shape index (κ3) is 2.87. The fraction of sp³-hybridized carbons (Fsp3) is 0.455. The average Bonchev–Trinajstić information content (AvgIpc) is 1.97. The molecule has 0 N–H and O–H groups in total. The number of halogens is 4. The van der Waals surface area contributed by atoms with Gasteiger partial charge in [0.25, 0.3) is 0 Å². The molecule has 0 radical (unpaired) electrons. The van der Waals surface area contributed by atoms with Crippen molar-refractivity contribution in [1.29, 1.82) is 0 Å². The summed E-state index contributed by atoms with van der Waals surface area (Å²) in [7, 11) is 0. The van der Waals surface area contributed by atoms with Crippen LogP contribution >= 0.6 is 0 Å². The zero-order valence-corrected chi connectivity index (χ0v) is 9.15. The van der Waals surface area contributed by atoms with Gasteiger partial charge in [0.1, 0.15) is 5.75 Å². The van der Waals surface area contributed by atoms with Crippen molar-refractivity contribution in [3.8, 4) is 5.75 Å². The van der Waals surface area contributed by atoms with Gasteiger partial charge in [0, 0.05) is 6.92 Å². The van der Waals surface area contributed by atoms with E-state index in [4.69, 9.17) is 0 Å². The van der Waals surface area contributed by atoms with Gasteiger partial charge in [-0.15, -0.1) is 0 Å². The van der Waals surface area contributed by atoms with Crippen LogP contribution in [0.5, 0.6) is 5.75 Å². The van der Waals surface area contributed by atoms with Gasteiger partial charge < -0.3 is 4.74 Å². The highest BCUT2D eigenvalue weighted by Gasteiger charge is 2.55. The van der Waals surface area contributed by atoms with E-state index < -0.39 is 12.0 Å². The Morgan fingerprint density at radius 2 is 1.38 bits per heavy atom. The Kier molecular flexibility index (Phi) is 3.17. The predicted molar refractivity (Wildman–Crippen MR) is 52.1 cm³/mol. The number of rotatable bonds is 3. The van der Waals surface area contributed by atoms with Crippen LogP contribution in [0.25, 0.3) is 0 Å². The SMILES string of the molecule is Cc1cc(C)cc(OC(F)(F)C(C)(F)F)c1. The van der Waals surface area contributed by atoms with E-state index in [1.54, 1.807) is 19.9 Å². The molecule has 0 amide bonds. The van der Waals surface area contributed by atoms with Crippen LogP contribution in [-0.4, -0.2) is 12.0 Å². The van der Waals surface area contributed by atoms with Crippen molar-refractivity contribution >= 4 is 0 Å². The zero-order chi connectivity index (χ0) is 12.6. The second-order valence-electron chi connectivity index (χ2n) is 3.83. The normalized spacial score (nSPS) is 12.7. The summed E-state index contributed by atoms with van der Waals surface area (Å²) in [6.45, 7) is 3.46. The first-order valence-electron chi connectivity index (χ1n) is 4.65. The highest BCUT2D eigenvalue weighted by Crippen LogP contribution is 2.36. The zero-order valence-electron chi connectivity index (χ0n) is 9.15. The maximum absolute atomic E-state index is 12.9. The van der Waals surface area contributed by atoms with Gasteiger partial charge in [0.2, 0.25) is 0 Å². The van der Waals surface area contributed by atoms with Crippen molar-refractivity contribution in [2.45, 2.75) is 32.8 Å². The predicted octanol–water partition coefficient (Wildman–Crippen LogP) is 3.93. The first-order valence-corrected chi connectivity index (χ1v) is 4.65. The second kappa shape index (κ2) is 3.96. The topological polar surface area (TPSA) is 9.23 Å². The monoisotopic (exact) mass is 236 g/mol. The van der Waals surface area contributed by atoms with E-state index in [2.05, 4.69) is 4.74 Å². The third-order valence-corrected chi connectivity index (χ3v) is 1.95. The van der Waals surface area contributed by atoms with Crippen LogP contribution in [0.4, 0.5) is 17.6 Å². The lowest BCUT2D eigenvalue weighted by molar-refractivity contribution is -0.301. The van der Waals surface area contributed by atoms with Gasteiger partial charge >= 0.3 is 12.0 Å². The van der Waals surface area contributed by atoms with Gasteiger partial charge in [-0.25, -0.2) is 0 Å². The molecule has 1 nitrogen and oxygen atoms in total. The number of hydrogen-bond acceptors (Lipinski definition) is 1. The van der Waals surface area contributed by atoms with Crippen molar-refractivity contribution in [2.24, 2.45) is 0 Å². The smallest absolute Gasteiger partial charge is 0.428 e. The van der Waals surface area contributed by atoms with Gasteiger partial charge in [-0.1, -0.05) is 6.07 Å². The number of ether oxygens (including phenoxy) is 1. The fourth-order valence-corrected chi connectivity index (χ4v) is 1.23. The first-order chi connectivity index (χ1) is 7.12. The minimum absolute atomic E-state index is 0.121. The molecule has 0 atom stereocenters. The van der Waals surface area contributed by atoms with Crippen LogP contribution < -0.4 is 4.74 Å². The van der Waals surface area contributed by atoms with E-state index in [9.17, 15) is 17.6 Å². The third-order valence-electron chi connectivity index (χ3n) is 1.95. The first kappa shape index (κ1) is 12.8. The number of alkyl halides is 4. The minimum Gasteiger partial charge on any atom is -0.428 e. The van der Waals surface area contributed by atoms with Crippen LogP contribution in [0.15, 0.2) is 18.2 Å². The summed E-state index contributed by atoms with van der Waals surface area (Å²) in [5.41, 5.74) is 1.34. The molecule has 0 aromatic heterocycles. The Hall–Kier alpha value is -1.26. The number of benzene rings is 1. The molecule has 0 saturated heterocycles. The molecule has 1 aromatic carbocycles. The summed E-state index contributed by atoms with van der Waals surface area (Å²) in [6, 6.07) is 4.30. The van der Waals surface area contributed by atoms with Crippen LogP contribution in [0.3, 0.4) is 0 Å². The van der Waals surface area contributed by atoms with Crippen molar-refractivity contribution in [3.05, 3.63) is 29.3 Å². The average molecular weight is 236 g/mol. The van der Waals surface area contributed by atoms with Crippen LogP contribution in [0.1, 0.15) is 18.1 Å². The quantitative estimate of drug-likeness (QED) is 0.722. The number of aryl methyl sites for hydroxylation is 2. The molecule has 16 heavy (non-hydrogen) atoms. The summed E-state index contributed by atoms with van der Waals surface area (Å²) in [5, 5.41) is 0. The Balaban J connectivity index is 2.96. The lowest BCUT2D eigenvalue weighted by atomic mass is 10.1. The second-order valence-corrected chi connectivity index (χ2v) is 3.83. The molecule has 0 aliphatic rings. The molecule has 0 heterocycles.